The van der Waals surface area contributed by atoms with Crippen LogP contribution in [-0.4, -0.2) is 28.6 Å². The molecule has 4 nitrogen and oxygen atoms in total. The van der Waals surface area contributed by atoms with Crippen LogP contribution in [0.5, 0.6) is 5.88 Å². The van der Waals surface area contributed by atoms with Gasteiger partial charge >= 0.3 is 18.1 Å². The van der Waals surface area contributed by atoms with Crippen molar-refractivity contribution in [3.63, 3.8) is 0 Å². The van der Waals surface area contributed by atoms with Crippen molar-refractivity contribution in [2.45, 2.75) is 12.1 Å². The van der Waals surface area contributed by atoms with Crippen LogP contribution >= 0.6 is 0 Å². The lowest BCUT2D eigenvalue weighted by Gasteiger charge is -2.15. The predicted octanol–water partition coefficient (Wildman–Crippen LogP) is 2.20. The number of hydrogen-bond donors (Lipinski definition) is 1. The Morgan fingerprint density at radius 3 is 2.44 bits per heavy atom. The van der Waals surface area contributed by atoms with Gasteiger partial charge in [-0.15, -0.1) is 0 Å². The van der Waals surface area contributed by atoms with E-state index in [0.29, 0.717) is 6.07 Å². The van der Waals surface area contributed by atoms with Crippen LogP contribution in [-0.2, 0) is 11.0 Å². The Kier molecular flexibility index (Phi) is 3.73. The highest BCUT2D eigenvalue weighted by Crippen LogP contribution is 2.35. The number of ether oxygens (including phenoxy) is 1. The topological polar surface area (TPSA) is 59.4 Å². The lowest BCUT2D eigenvalue weighted by molar-refractivity contribution is -0.169. The van der Waals surface area contributed by atoms with E-state index in [4.69, 9.17) is 5.11 Å². The normalized spacial score (nSPS) is 12.3. The van der Waals surface area contributed by atoms with Crippen molar-refractivity contribution < 1.29 is 36.6 Å². The molecule has 1 aromatic rings. The maximum atomic E-state index is 12.6. The first kappa shape index (κ1) is 14.1. The van der Waals surface area contributed by atoms with Crippen LogP contribution in [0.4, 0.5) is 22.0 Å². The minimum absolute atomic E-state index is 0.585. The van der Waals surface area contributed by atoms with Gasteiger partial charge in [-0.05, 0) is 12.1 Å². The fourth-order valence-electron chi connectivity index (χ4n) is 0.942. The van der Waals surface area contributed by atoms with Crippen molar-refractivity contribution in [1.29, 1.82) is 0 Å². The molecule has 0 atom stereocenters. The van der Waals surface area contributed by atoms with E-state index in [9.17, 15) is 26.7 Å². The second kappa shape index (κ2) is 4.75. The molecule has 0 spiro atoms. The lowest BCUT2D eigenvalue weighted by Crippen LogP contribution is -2.35. The average molecular weight is 271 g/mol. The molecule has 9 heteroatoms. The molecule has 0 saturated heterocycles. The molecule has 1 N–H and O–H groups in total. The molecule has 0 aliphatic heterocycles. The number of rotatable bonds is 4. The molecular weight excluding hydrogens is 265 g/mol. The zero-order valence-corrected chi connectivity index (χ0v) is 8.54. The highest BCUT2D eigenvalue weighted by Gasteiger charge is 2.41. The summed E-state index contributed by atoms with van der Waals surface area (Å²) in [7, 11) is 0. The second-order valence-electron chi connectivity index (χ2n) is 3.15. The molecule has 0 aliphatic carbocycles. The van der Waals surface area contributed by atoms with Crippen LogP contribution in [0.1, 0.15) is 5.56 Å². The van der Waals surface area contributed by atoms with Gasteiger partial charge in [0, 0.05) is 6.20 Å². The summed E-state index contributed by atoms with van der Waals surface area (Å²) in [5.74, 6) is -7.88. The molecule has 0 amide bonds. The van der Waals surface area contributed by atoms with Gasteiger partial charge in [-0.25, -0.2) is 9.78 Å². The molecule has 1 rings (SSSR count). The van der Waals surface area contributed by atoms with E-state index in [1.54, 1.807) is 0 Å². The van der Waals surface area contributed by atoms with Crippen molar-refractivity contribution in [1.82, 2.24) is 4.98 Å². The van der Waals surface area contributed by atoms with E-state index in [2.05, 4.69) is 9.72 Å². The summed E-state index contributed by atoms with van der Waals surface area (Å²) in [6, 6.07) is 1.53. The van der Waals surface area contributed by atoms with E-state index in [1.807, 2.05) is 0 Å². The van der Waals surface area contributed by atoms with Gasteiger partial charge < -0.3 is 9.84 Å². The maximum Gasteiger partial charge on any atom is 0.421 e. The maximum absolute atomic E-state index is 12.6. The smallest absolute Gasteiger partial charge is 0.421 e. The first-order valence-corrected chi connectivity index (χ1v) is 4.41. The molecule has 1 heterocycles. The zero-order valence-electron chi connectivity index (χ0n) is 8.54. The van der Waals surface area contributed by atoms with Gasteiger partial charge in [-0.1, -0.05) is 0 Å². The molecule has 0 fully saturated rings. The summed E-state index contributed by atoms with van der Waals surface area (Å²) >= 11 is 0. The van der Waals surface area contributed by atoms with Crippen molar-refractivity contribution in [3.05, 3.63) is 23.9 Å². The number of alkyl halides is 5. The van der Waals surface area contributed by atoms with Crippen LogP contribution in [0, 0.1) is 0 Å². The third kappa shape index (κ3) is 3.28. The zero-order chi connectivity index (χ0) is 14.0. The Balaban J connectivity index is 2.90. The number of halogens is 5. The van der Waals surface area contributed by atoms with Crippen molar-refractivity contribution in [3.8, 4) is 5.88 Å². The first-order chi connectivity index (χ1) is 8.14. The quantitative estimate of drug-likeness (QED) is 0.853. The molecule has 0 unspecified atom stereocenters. The van der Waals surface area contributed by atoms with Crippen LogP contribution in [0.25, 0.3) is 0 Å². The van der Waals surface area contributed by atoms with Gasteiger partial charge in [0.25, 0.3) is 0 Å². The number of carbonyl (C=O) groups is 1. The predicted molar refractivity (Wildman–Crippen MR) is 47.3 cm³/mol. The largest absolute Gasteiger partial charge is 0.477 e. The molecule has 0 aromatic carbocycles. The summed E-state index contributed by atoms with van der Waals surface area (Å²) < 4.78 is 66.6. The van der Waals surface area contributed by atoms with Gasteiger partial charge in [0.2, 0.25) is 5.88 Å². The Morgan fingerprint density at radius 2 is 1.94 bits per heavy atom. The summed E-state index contributed by atoms with van der Waals surface area (Å²) in [5.41, 5.74) is -1.36. The van der Waals surface area contributed by atoms with E-state index in [1.165, 1.54) is 0 Å². The molecule has 0 radical (unpaired) electrons. The van der Waals surface area contributed by atoms with Crippen LogP contribution in [0.2, 0.25) is 0 Å². The molecule has 0 bridgehead atoms. The third-order valence-corrected chi connectivity index (χ3v) is 1.78. The van der Waals surface area contributed by atoms with Gasteiger partial charge in [0.1, 0.15) is 5.56 Å². The highest BCUT2D eigenvalue weighted by molar-refractivity contribution is 5.75. The van der Waals surface area contributed by atoms with Crippen LogP contribution < -0.4 is 4.74 Å². The summed E-state index contributed by atoms with van der Waals surface area (Å²) in [4.78, 5) is 13.2. The molecule has 100 valence electrons. The Bertz CT molecular complexity index is 446. The van der Waals surface area contributed by atoms with Gasteiger partial charge in [0.15, 0.2) is 6.61 Å². The molecular formula is C9H6F5NO3. The number of carboxylic acid groups (broad SMARTS) is 1. The van der Waals surface area contributed by atoms with E-state index >= 15 is 0 Å². The fraction of sp³-hybridized carbons (Fsp3) is 0.333. The number of carboxylic acids is 1. The molecule has 1 aromatic heterocycles. The monoisotopic (exact) mass is 271 g/mol. The van der Waals surface area contributed by atoms with Gasteiger partial charge in [-0.2, -0.15) is 22.0 Å². The lowest BCUT2D eigenvalue weighted by atomic mass is 10.2. The minimum atomic E-state index is -4.83. The molecule has 0 saturated carbocycles. The second-order valence-corrected chi connectivity index (χ2v) is 3.15. The van der Waals surface area contributed by atoms with Crippen molar-refractivity contribution in [2.24, 2.45) is 0 Å². The van der Waals surface area contributed by atoms with Gasteiger partial charge in [0.05, 0.1) is 0 Å². The highest BCUT2D eigenvalue weighted by atomic mass is 19.4. The number of hydrogen-bond acceptors (Lipinski definition) is 3. The van der Waals surface area contributed by atoms with E-state index < -0.39 is 36.1 Å². The Labute approximate surface area is 97.0 Å². The summed E-state index contributed by atoms with van der Waals surface area (Å²) in [6.07, 6.45) is -3.93. The average Bonchev–Trinajstić information content (AvgIpc) is 2.25. The van der Waals surface area contributed by atoms with Crippen molar-refractivity contribution >= 4 is 5.97 Å². The molecule has 18 heavy (non-hydrogen) atoms. The number of pyridine rings is 1. The Morgan fingerprint density at radius 1 is 1.33 bits per heavy atom. The number of nitrogens with zero attached hydrogens (tertiary/aromatic N) is 1. The summed E-state index contributed by atoms with van der Waals surface area (Å²) in [5, 5.41) is 8.08. The minimum Gasteiger partial charge on any atom is -0.477 e. The van der Waals surface area contributed by atoms with Gasteiger partial charge in [-0.3, -0.25) is 0 Å². The fourth-order valence-corrected chi connectivity index (χ4v) is 0.942. The van der Waals surface area contributed by atoms with E-state index in [0.717, 1.165) is 12.3 Å². The first-order valence-electron chi connectivity index (χ1n) is 4.41. The standard InChI is InChI=1S/C9H6F5NO3/c10-8(11,7(16)17)4-18-6-5(9(12,13)14)2-1-3-15-6/h1-3H,4H2,(H,16,17). The number of aromatic nitrogens is 1. The van der Waals surface area contributed by atoms with E-state index in [-0.39, 0.29) is 0 Å². The number of aliphatic carboxylic acids is 1. The van der Waals surface area contributed by atoms with Crippen LogP contribution in [0.3, 0.4) is 0 Å². The van der Waals surface area contributed by atoms with Crippen LogP contribution in [0.15, 0.2) is 18.3 Å². The molecule has 0 aliphatic rings. The summed E-state index contributed by atoms with van der Waals surface area (Å²) in [6.45, 7) is -1.73. The van der Waals surface area contributed by atoms with Crippen molar-refractivity contribution in [2.75, 3.05) is 6.61 Å². The third-order valence-electron chi connectivity index (χ3n) is 1.78. The SMILES string of the molecule is O=C(O)C(F)(F)COc1ncccc1C(F)(F)F. The Hall–Kier alpha value is -1.93.